The smallest absolute Gasteiger partial charge is 0.146 e. The number of rotatable bonds is 4. The molecule has 0 N–H and O–H groups in total. The molecule has 20 radical (unpaired) electrons. The van der Waals surface area contributed by atoms with Crippen LogP contribution in [0.25, 0.3) is 92.1 Å². The molecule has 13 heteroatoms. The van der Waals surface area contributed by atoms with Crippen LogP contribution in [-0.4, -0.2) is 88.0 Å². The van der Waals surface area contributed by atoms with Gasteiger partial charge in [0.1, 0.15) is 84.3 Å². The number of aromatic nitrogens is 2. The summed E-state index contributed by atoms with van der Waals surface area (Å²) in [5.41, 5.74) is 7.59. The van der Waals surface area contributed by atoms with Crippen LogP contribution in [0.3, 0.4) is 0 Å². The van der Waals surface area contributed by atoms with E-state index in [-0.39, 0.29) is 54.6 Å². The molecule has 0 aliphatic rings. The first-order valence-corrected chi connectivity index (χ1v) is 19.2. The Morgan fingerprint density at radius 3 is 1.64 bits per heavy atom. The van der Waals surface area contributed by atoms with Gasteiger partial charge in [-0.15, -0.1) is 44.1 Å². The van der Waals surface area contributed by atoms with E-state index in [9.17, 15) is 0 Å². The lowest BCUT2D eigenvalue weighted by Gasteiger charge is -2.25. The highest BCUT2D eigenvalue weighted by molar-refractivity contribution is 7.26. The van der Waals surface area contributed by atoms with Crippen LogP contribution in [0.1, 0.15) is 0 Å². The van der Waals surface area contributed by atoms with Crippen molar-refractivity contribution >= 4 is 197 Å². The van der Waals surface area contributed by atoms with Crippen LogP contribution in [0.2, 0.25) is 0 Å². The van der Waals surface area contributed by atoms with Crippen LogP contribution >= 0.6 is 11.3 Å². The Morgan fingerprint density at radius 1 is 0.414 bits per heavy atom. The Hall–Kier alpha value is -5.38. The third-order valence-electron chi connectivity index (χ3n) is 11.4. The molecular formula is C45H18B10N2S. The van der Waals surface area contributed by atoms with Gasteiger partial charge in [-0.2, -0.15) is 0 Å². The molecule has 10 aromatic rings. The van der Waals surface area contributed by atoms with E-state index in [1.807, 2.05) is 53.1 Å². The van der Waals surface area contributed by atoms with Crippen molar-refractivity contribution < 1.29 is 0 Å². The molecule has 0 atom stereocenters. The van der Waals surface area contributed by atoms with Gasteiger partial charge in [-0.3, -0.25) is 4.57 Å². The molecule has 0 spiro atoms. The van der Waals surface area contributed by atoms with E-state index in [1.165, 1.54) is 4.70 Å². The molecule has 0 bridgehead atoms. The first-order chi connectivity index (χ1) is 28.0. The van der Waals surface area contributed by atoms with Crippen molar-refractivity contribution in [2.24, 2.45) is 0 Å². The maximum Gasteiger partial charge on any atom is 0.146 e. The van der Waals surface area contributed by atoms with Crippen LogP contribution in [0, 0.1) is 0 Å². The second-order valence-electron chi connectivity index (χ2n) is 14.5. The standard InChI is InChI=1S/C45H18B10N2S/c46-34-30(35(47)37(49)38(50)36(34)48)19-16-17-22-25(18-19)31(24-11-7-15-29-32(24)23-10-3-6-14-28(23)58-29)20-8-1-2-9-21(20)33(22)45-56-26-12-4-5-13-27(26)57(45)44-42(54)40(52)39(51)41(53)43(44)55/h1-18H. The second kappa shape index (κ2) is 13.6. The number of hydrogen-bond acceptors (Lipinski definition) is 2. The van der Waals surface area contributed by atoms with Crippen LogP contribution in [0.15, 0.2) is 109 Å². The van der Waals surface area contributed by atoms with E-state index in [2.05, 4.69) is 60.7 Å². The normalized spacial score (nSPS) is 11.8. The summed E-state index contributed by atoms with van der Waals surface area (Å²) in [5, 5.41) is 5.96. The SMILES string of the molecule is [B]c1c([B])c([B])c(-c2ccc3c(-c4nc5ccccc5n4-c4c([B])c([B])c([B])c([B])c4[B])c4ccccc4c(-c4cccc5sc6ccccc6c45)c3c2)c([B])c1[B]. The van der Waals surface area contributed by atoms with Crippen molar-refractivity contribution in [2.75, 3.05) is 0 Å². The number of nitrogens with zero attached hydrogens (tertiary/aromatic N) is 2. The fourth-order valence-corrected chi connectivity index (χ4v) is 9.64. The summed E-state index contributed by atoms with van der Waals surface area (Å²) in [6.07, 6.45) is 0. The van der Waals surface area contributed by atoms with Gasteiger partial charge in [0, 0.05) is 31.4 Å². The summed E-state index contributed by atoms with van der Waals surface area (Å²) < 4.78 is 4.27. The van der Waals surface area contributed by atoms with Gasteiger partial charge in [0.2, 0.25) is 0 Å². The quantitative estimate of drug-likeness (QED) is 0.193. The molecule has 2 aromatic heterocycles. The van der Waals surface area contributed by atoms with Crippen LogP contribution < -0.4 is 54.6 Å². The van der Waals surface area contributed by atoms with E-state index in [4.69, 9.17) is 83.4 Å². The monoisotopic (exact) mass is 728 g/mol. The highest BCUT2D eigenvalue weighted by Gasteiger charge is 2.26. The molecule has 8 aromatic carbocycles. The molecular weight excluding hydrogens is 709 g/mol. The maximum atomic E-state index is 6.80. The third-order valence-corrected chi connectivity index (χ3v) is 12.5. The molecule has 244 valence electrons. The lowest BCUT2D eigenvalue weighted by molar-refractivity contribution is 1.13. The number of thiophene rings is 1. The Balaban J connectivity index is 1.42. The van der Waals surface area contributed by atoms with Gasteiger partial charge >= 0.3 is 0 Å². The fraction of sp³-hybridized carbons (Fsp3) is 0. The minimum Gasteiger partial charge on any atom is -0.294 e. The first kappa shape index (κ1) is 36.9. The van der Waals surface area contributed by atoms with Gasteiger partial charge in [0.05, 0.1) is 11.0 Å². The molecule has 0 aliphatic carbocycles. The molecule has 0 saturated heterocycles. The molecule has 0 saturated carbocycles. The van der Waals surface area contributed by atoms with Crippen molar-refractivity contribution in [1.29, 1.82) is 0 Å². The average Bonchev–Trinajstić information content (AvgIpc) is 3.81. The summed E-state index contributed by atoms with van der Waals surface area (Å²) in [6.45, 7) is 0. The summed E-state index contributed by atoms with van der Waals surface area (Å²) in [4.78, 5) is 5.30. The van der Waals surface area contributed by atoms with Gasteiger partial charge < -0.3 is 0 Å². The number of imidazole rings is 1. The number of fused-ring (bicyclic) bond motifs is 6. The highest BCUT2D eigenvalue weighted by Crippen LogP contribution is 2.48. The predicted octanol–water partition coefficient (Wildman–Crippen LogP) is 0.639. The van der Waals surface area contributed by atoms with Crippen molar-refractivity contribution in [3.8, 4) is 39.3 Å². The van der Waals surface area contributed by atoms with Crippen molar-refractivity contribution in [3.05, 3.63) is 109 Å². The van der Waals surface area contributed by atoms with E-state index < -0.39 is 0 Å². The zero-order valence-electron chi connectivity index (χ0n) is 31.0. The molecule has 2 heterocycles. The van der Waals surface area contributed by atoms with Gasteiger partial charge in [-0.05, 0) is 74.1 Å². The van der Waals surface area contributed by atoms with E-state index in [0.717, 1.165) is 59.2 Å². The van der Waals surface area contributed by atoms with Gasteiger partial charge in [-0.25, -0.2) is 4.98 Å². The van der Waals surface area contributed by atoms with Crippen LogP contribution in [-0.2, 0) is 0 Å². The first-order valence-electron chi connectivity index (χ1n) is 18.4. The summed E-state index contributed by atoms with van der Waals surface area (Å²) >= 11 is 1.76. The Labute approximate surface area is 353 Å². The fourth-order valence-electron chi connectivity index (χ4n) is 8.51. The van der Waals surface area contributed by atoms with Gasteiger partial charge in [0.25, 0.3) is 0 Å². The second-order valence-corrected chi connectivity index (χ2v) is 15.5. The third kappa shape index (κ3) is 5.21. The molecule has 2 nitrogen and oxygen atoms in total. The zero-order valence-corrected chi connectivity index (χ0v) is 31.8. The molecule has 0 aliphatic heterocycles. The van der Waals surface area contributed by atoms with Crippen molar-refractivity contribution in [3.63, 3.8) is 0 Å². The predicted molar refractivity (Wildman–Crippen MR) is 259 cm³/mol. The maximum absolute atomic E-state index is 6.80. The Bertz CT molecular complexity index is 3370. The van der Waals surface area contributed by atoms with Crippen molar-refractivity contribution in [2.45, 2.75) is 0 Å². The average molecular weight is 727 g/mol. The van der Waals surface area contributed by atoms with Crippen LogP contribution in [0.5, 0.6) is 0 Å². The molecule has 0 fully saturated rings. The zero-order chi connectivity index (χ0) is 40.3. The molecule has 0 amide bonds. The highest BCUT2D eigenvalue weighted by atomic mass is 32.1. The van der Waals surface area contributed by atoms with E-state index in [1.54, 1.807) is 11.3 Å². The van der Waals surface area contributed by atoms with Gasteiger partial charge in [-0.1, -0.05) is 101 Å². The molecule has 10 rings (SSSR count). The summed E-state index contributed by atoms with van der Waals surface area (Å²) in [6, 6.07) is 37.0. The van der Waals surface area contributed by atoms with E-state index in [0.29, 0.717) is 28.2 Å². The number of para-hydroxylation sites is 2. The Morgan fingerprint density at radius 2 is 0.948 bits per heavy atom. The number of hydrogen-bond donors (Lipinski definition) is 0. The van der Waals surface area contributed by atoms with Crippen LogP contribution in [0.4, 0.5) is 0 Å². The van der Waals surface area contributed by atoms with E-state index >= 15 is 0 Å². The van der Waals surface area contributed by atoms with Crippen molar-refractivity contribution in [1.82, 2.24) is 9.55 Å². The topological polar surface area (TPSA) is 17.8 Å². The number of benzene rings is 8. The molecule has 58 heavy (non-hydrogen) atoms. The minimum absolute atomic E-state index is 0.120. The minimum atomic E-state index is 0.120. The summed E-state index contributed by atoms with van der Waals surface area (Å²) in [5.74, 6) is 0.558. The lowest BCUT2D eigenvalue weighted by atomic mass is 9.59. The largest absolute Gasteiger partial charge is 0.294 e. The summed E-state index contributed by atoms with van der Waals surface area (Å²) in [7, 11) is 65.4. The van der Waals surface area contributed by atoms with Gasteiger partial charge in [0.15, 0.2) is 0 Å². The Kier molecular flexibility index (Phi) is 8.66. The lowest BCUT2D eigenvalue weighted by Crippen LogP contribution is -2.56. The molecule has 0 unspecified atom stereocenters.